The number of ether oxygens (including phenoxy) is 2. The Kier molecular flexibility index (Phi) is 7.04. The fourth-order valence-corrected chi connectivity index (χ4v) is 3.65. The molecule has 0 spiro atoms. The smallest absolute Gasteiger partial charge is 0.290 e. The molecule has 0 saturated heterocycles. The summed E-state index contributed by atoms with van der Waals surface area (Å²) in [6.45, 7) is 8.36. The van der Waals surface area contributed by atoms with Crippen molar-refractivity contribution in [2.24, 2.45) is 5.41 Å². The lowest BCUT2D eigenvalue weighted by Gasteiger charge is -2.28. The van der Waals surface area contributed by atoms with E-state index in [1.807, 2.05) is 55.5 Å². The van der Waals surface area contributed by atoms with E-state index in [0.717, 1.165) is 11.1 Å². The maximum absolute atomic E-state index is 13.1. The molecule has 2 aromatic carbocycles. The van der Waals surface area contributed by atoms with E-state index in [1.165, 1.54) is 10.5 Å². The Hall–Kier alpha value is -3.12. The van der Waals surface area contributed by atoms with Crippen LogP contribution in [0.4, 0.5) is 0 Å². The number of aryl methyl sites for hydroxylation is 1. The Labute approximate surface area is 189 Å². The molecule has 0 aromatic heterocycles. The summed E-state index contributed by atoms with van der Waals surface area (Å²) in [5.41, 5.74) is 2.38. The number of Topliss-reactive ketones (excluding diaryl/α,β-unsaturated/α-hetero) is 1. The van der Waals surface area contributed by atoms with Crippen molar-refractivity contribution in [1.29, 1.82) is 0 Å². The molecular formula is C26H31NO5. The largest absolute Gasteiger partial charge is 0.503 e. The second kappa shape index (κ2) is 9.57. The molecule has 2 aromatic rings. The summed E-state index contributed by atoms with van der Waals surface area (Å²) in [6, 6.07) is 14.8. The fourth-order valence-electron chi connectivity index (χ4n) is 3.65. The molecule has 1 aliphatic heterocycles. The number of hydrogen-bond donors (Lipinski definition) is 1. The van der Waals surface area contributed by atoms with Crippen LogP contribution in [0, 0.1) is 12.3 Å². The highest BCUT2D eigenvalue weighted by Crippen LogP contribution is 2.41. The van der Waals surface area contributed by atoms with Gasteiger partial charge < -0.3 is 19.5 Å². The number of carbonyl (C=O) groups is 2. The van der Waals surface area contributed by atoms with E-state index < -0.39 is 23.1 Å². The van der Waals surface area contributed by atoms with Crippen LogP contribution < -0.4 is 4.74 Å². The molecule has 0 aliphatic carbocycles. The van der Waals surface area contributed by atoms with Gasteiger partial charge in [-0.05, 0) is 30.2 Å². The van der Waals surface area contributed by atoms with Gasteiger partial charge in [0.2, 0.25) is 0 Å². The Balaban J connectivity index is 1.86. The van der Waals surface area contributed by atoms with Crippen LogP contribution in [0.3, 0.4) is 0 Å². The minimum atomic E-state index is -0.740. The number of carbonyl (C=O) groups excluding carboxylic acids is 2. The summed E-state index contributed by atoms with van der Waals surface area (Å²) in [7, 11) is 1.55. The normalized spacial score (nSPS) is 16.6. The van der Waals surface area contributed by atoms with E-state index in [9.17, 15) is 14.7 Å². The molecule has 1 aliphatic rings. The van der Waals surface area contributed by atoms with Crippen LogP contribution in [-0.4, -0.2) is 42.0 Å². The number of hydrogen-bond acceptors (Lipinski definition) is 5. The van der Waals surface area contributed by atoms with Gasteiger partial charge in [0.05, 0.1) is 18.2 Å². The first-order valence-corrected chi connectivity index (χ1v) is 10.7. The van der Waals surface area contributed by atoms with Crippen LogP contribution >= 0.6 is 0 Å². The number of methoxy groups -OCH3 is 1. The van der Waals surface area contributed by atoms with Gasteiger partial charge in [0, 0.05) is 19.1 Å². The Bertz CT molecular complexity index is 1000. The van der Waals surface area contributed by atoms with E-state index in [0.29, 0.717) is 19.0 Å². The highest BCUT2D eigenvalue weighted by molar-refractivity contribution is 6.10. The summed E-state index contributed by atoms with van der Waals surface area (Å²) in [5, 5.41) is 10.6. The van der Waals surface area contributed by atoms with Crippen LogP contribution in [0.1, 0.15) is 43.5 Å². The first-order valence-electron chi connectivity index (χ1n) is 10.7. The standard InChI is InChI=1S/C26H31NO5/c1-17-6-8-18(9-7-17)16-32-20-12-10-19(11-13-20)22-21(24(29)26(2,3)4)23(28)25(30)27(22)14-15-31-5/h6-13,22,28H,14-16H2,1-5H3. The Morgan fingerprint density at radius 2 is 1.69 bits per heavy atom. The summed E-state index contributed by atoms with van der Waals surface area (Å²) in [4.78, 5) is 27.4. The van der Waals surface area contributed by atoms with Crippen LogP contribution in [0.15, 0.2) is 59.9 Å². The maximum atomic E-state index is 13.1. The Morgan fingerprint density at radius 3 is 2.25 bits per heavy atom. The van der Waals surface area contributed by atoms with Gasteiger partial charge >= 0.3 is 0 Å². The van der Waals surface area contributed by atoms with E-state index in [4.69, 9.17) is 9.47 Å². The molecule has 1 N–H and O–H groups in total. The molecule has 1 amide bonds. The lowest BCUT2D eigenvalue weighted by molar-refractivity contribution is -0.130. The van der Waals surface area contributed by atoms with Crippen LogP contribution in [-0.2, 0) is 20.9 Å². The van der Waals surface area contributed by atoms with Crippen molar-refractivity contribution < 1.29 is 24.2 Å². The summed E-state index contributed by atoms with van der Waals surface area (Å²) in [6.07, 6.45) is 0. The minimum absolute atomic E-state index is 0.131. The predicted molar refractivity (Wildman–Crippen MR) is 122 cm³/mol. The van der Waals surface area contributed by atoms with E-state index in [-0.39, 0.29) is 17.9 Å². The first kappa shape index (κ1) is 23.5. The topological polar surface area (TPSA) is 76.1 Å². The van der Waals surface area contributed by atoms with Crippen molar-refractivity contribution in [3.63, 3.8) is 0 Å². The zero-order valence-electron chi connectivity index (χ0n) is 19.3. The quantitative estimate of drug-likeness (QED) is 0.657. The lowest BCUT2D eigenvalue weighted by Crippen LogP contribution is -2.35. The first-order chi connectivity index (χ1) is 15.1. The molecule has 0 fully saturated rings. The Morgan fingerprint density at radius 1 is 1.06 bits per heavy atom. The van der Waals surface area contributed by atoms with Crippen LogP contribution in [0.5, 0.6) is 5.75 Å². The molecule has 1 heterocycles. The third kappa shape index (κ3) is 5.02. The molecule has 1 atom stereocenters. The van der Waals surface area contributed by atoms with Gasteiger partial charge in [-0.3, -0.25) is 9.59 Å². The molecule has 32 heavy (non-hydrogen) atoms. The van der Waals surface area contributed by atoms with Crippen molar-refractivity contribution in [3.05, 3.63) is 76.6 Å². The maximum Gasteiger partial charge on any atom is 0.290 e. The molecule has 3 rings (SSSR count). The molecule has 0 saturated carbocycles. The average Bonchev–Trinajstić information content (AvgIpc) is 3.01. The molecule has 1 unspecified atom stereocenters. The number of aliphatic hydroxyl groups is 1. The molecule has 6 heteroatoms. The van der Waals surface area contributed by atoms with E-state index in [2.05, 4.69) is 0 Å². The van der Waals surface area contributed by atoms with Crippen LogP contribution in [0.25, 0.3) is 0 Å². The van der Waals surface area contributed by atoms with Gasteiger partial charge in [-0.25, -0.2) is 0 Å². The third-order valence-electron chi connectivity index (χ3n) is 5.49. The number of amides is 1. The van der Waals surface area contributed by atoms with Crippen molar-refractivity contribution in [2.75, 3.05) is 20.3 Å². The lowest BCUT2D eigenvalue weighted by atomic mass is 9.82. The average molecular weight is 438 g/mol. The van der Waals surface area contributed by atoms with E-state index >= 15 is 0 Å². The monoisotopic (exact) mass is 437 g/mol. The number of rotatable bonds is 8. The van der Waals surface area contributed by atoms with E-state index in [1.54, 1.807) is 27.9 Å². The third-order valence-corrected chi connectivity index (χ3v) is 5.49. The summed E-state index contributed by atoms with van der Waals surface area (Å²) < 4.78 is 11.0. The zero-order valence-corrected chi connectivity index (χ0v) is 19.3. The molecule has 0 bridgehead atoms. The van der Waals surface area contributed by atoms with Crippen molar-refractivity contribution in [1.82, 2.24) is 4.90 Å². The minimum Gasteiger partial charge on any atom is -0.503 e. The zero-order chi connectivity index (χ0) is 23.5. The summed E-state index contributed by atoms with van der Waals surface area (Å²) in [5.74, 6) is -0.614. The van der Waals surface area contributed by atoms with Crippen molar-refractivity contribution in [2.45, 2.75) is 40.3 Å². The van der Waals surface area contributed by atoms with Gasteiger partial charge in [0.25, 0.3) is 5.91 Å². The van der Waals surface area contributed by atoms with Gasteiger partial charge in [0.1, 0.15) is 12.4 Å². The molecule has 170 valence electrons. The van der Waals surface area contributed by atoms with Crippen molar-refractivity contribution >= 4 is 11.7 Å². The molecule has 0 radical (unpaired) electrons. The highest BCUT2D eigenvalue weighted by atomic mass is 16.5. The van der Waals surface area contributed by atoms with Gasteiger partial charge in [-0.2, -0.15) is 0 Å². The second-order valence-corrected chi connectivity index (χ2v) is 9.08. The van der Waals surface area contributed by atoms with Crippen molar-refractivity contribution in [3.8, 4) is 5.75 Å². The fraction of sp³-hybridized carbons (Fsp3) is 0.385. The SMILES string of the molecule is COCCN1C(=O)C(O)=C(C(=O)C(C)(C)C)C1c1ccc(OCc2ccc(C)cc2)cc1. The predicted octanol–water partition coefficient (Wildman–Crippen LogP) is 4.53. The highest BCUT2D eigenvalue weighted by Gasteiger charge is 2.45. The number of aliphatic hydroxyl groups excluding tert-OH is 1. The van der Waals surface area contributed by atoms with Gasteiger partial charge in [0.15, 0.2) is 11.5 Å². The van der Waals surface area contributed by atoms with Gasteiger partial charge in [-0.15, -0.1) is 0 Å². The van der Waals surface area contributed by atoms with Crippen LogP contribution in [0.2, 0.25) is 0 Å². The van der Waals surface area contributed by atoms with Gasteiger partial charge in [-0.1, -0.05) is 62.7 Å². The molecular weight excluding hydrogens is 406 g/mol. The second-order valence-electron chi connectivity index (χ2n) is 9.08. The number of benzene rings is 2. The number of nitrogens with zero attached hydrogens (tertiary/aromatic N) is 1. The summed E-state index contributed by atoms with van der Waals surface area (Å²) >= 11 is 0. The number of ketones is 1. The molecule has 6 nitrogen and oxygen atoms in total.